The summed E-state index contributed by atoms with van der Waals surface area (Å²) in [6.07, 6.45) is 5.57. The molecule has 0 spiro atoms. The number of hydrogen-bond acceptors (Lipinski definition) is 4. The van der Waals surface area contributed by atoms with Crippen LogP contribution < -0.4 is 15.4 Å². The first-order valence-electron chi connectivity index (χ1n) is 9.58. The number of aliphatic carboxylic acids is 1. The van der Waals surface area contributed by atoms with Crippen molar-refractivity contribution in [3.8, 4) is 5.75 Å². The highest BCUT2D eigenvalue weighted by molar-refractivity contribution is 5.94. The average Bonchev–Trinajstić information content (AvgIpc) is 2.66. The van der Waals surface area contributed by atoms with E-state index in [9.17, 15) is 19.5 Å². The molecule has 0 aromatic heterocycles. The smallest absolute Gasteiger partial charge is 0.329 e. The summed E-state index contributed by atoms with van der Waals surface area (Å²) < 4.78 is 5.70. The molecule has 146 valence electrons. The SMILES string of the molecule is O=C1CCc2cc(OCCCC(=O)NC3(C(=O)O)CCCCC3)ccc2N1. The Balaban J connectivity index is 1.44. The molecule has 1 heterocycles. The first-order valence-corrected chi connectivity index (χ1v) is 9.58. The minimum Gasteiger partial charge on any atom is -0.494 e. The summed E-state index contributed by atoms with van der Waals surface area (Å²) in [6.45, 7) is 0.374. The van der Waals surface area contributed by atoms with E-state index < -0.39 is 11.5 Å². The molecule has 7 nitrogen and oxygen atoms in total. The van der Waals surface area contributed by atoms with E-state index >= 15 is 0 Å². The van der Waals surface area contributed by atoms with Gasteiger partial charge in [-0.3, -0.25) is 9.59 Å². The van der Waals surface area contributed by atoms with Crippen LogP contribution in [0.1, 0.15) is 56.9 Å². The molecule has 1 aromatic rings. The molecule has 3 rings (SSSR count). The highest BCUT2D eigenvalue weighted by Gasteiger charge is 2.40. The van der Waals surface area contributed by atoms with Gasteiger partial charge in [-0.25, -0.2) is 4.79 Å². The lowest BCUT2D eigenvalue weighted by Gasteiger charge is -2.34. The number of benzene rings is 1. The van der Waals surface area contributed by atoms with Gasteiger partial charge < -0.3 is 20.5 Å². The molecular formula is C20H26N2O5. The number of aryl methyl sites for hydroxylation is 1. The number of hydrogen-bond donors (Lipinski definition) is 3. The lowest BCUT2D eigenvalue weighted by molar-refractivity contribution is -0.149. The predicted octanol–water partition coefficient (Wildman–Crippen LogP) is 2.63. The quantitative estimate of drug-likeness (QED) is 0.637. The zero-order valence-corrected chi connectivity index (χ0v) is 15.4. The van der Waals surface area contributed by atoms with Crippen molar-refractivity contribution in [2.24, 2.45) is 0 Å². The van der Waals surface area contributed by atoms with Gasteiger partial charge in [0.25, 0.3) is 0 Å². The van der Waals surface area contributed by atoms with Crippen LogP contribution in [-0.2, 0) is 20.8 Å². The Kier molecular flexibility index (Phi) is 5.98. The normalized spacial score (nSPS) is 18.1. The summed E-state index contributed by atoms with van der Waals surface area (Å²) in [7, 11) is 0. The van der Waals surface area contributed by atoms with Crippen molar-refractivity contribution in [2.45, 2.75) is 63.3 Å². The molecule has 3 N–H and O–H groups in total. The van der Waals surface area contributed by atoms with Gasteiger partial charge in [0, 0.05) is 18.5 Å². The van der Waals surface area contributed by atoms with Gasteiger partial charge >= 0.3 is 5.97 Å². The van der Waals surface area contributed by atoms with Crippen LogP contribution in [0.25, 0.3) is 0 Å². The molecule has 1 saturated carbocycles. The maximum Gasteiger partial charge on any atom is 0.329 e. The lowest BCUT2D eigenvalue weighted by Crippen LogP contribution is -2.55. The second-order valence-electron chi connectivity index (χ2n) is 7.32. The fraction of sp³-hybridized carbons (Fsp3) is 0.550. The maximum absolute atomic E-state index is 12.2. The first kappa shape index (κ1) is 19.2. The zero-order valence-electron chi connectivity index (χ0n) is 15.4. The third-order valence-corrected chi connectivity index (χ3v) is 5.28. The van der Waals surface area contributed by atoms with Crippen LogP contribution in [-0.4, -0.2) is 35.0 Å². The lowest BCUT2D eigenvalue weighted by atomic mass is 9.81. The van der Waals surface area contributed by atoms with E-state index in [1.807, 2.05) is 12.1 Å². The molecule has 1 aliphatic carbocycles. The molecule has 0 radical (unpaired) electrons. The van der Waals surface area contributed by atoms with Gasteiger partial charge in [-0.05, 0) is 49.4 Å². The van der Waals surface area contributed by atoms with Gasteiger partial charge in [-0.2, -0.15) is 0 Å². The summed E-state index contributed by atoms with van der Waals surface area (Å²) in [5.41, 5.74) is 0.772. The number of anilines is 1. The van der Waals surface area contributed by atoms with Crippen LogP contribution >= 0.6 is 0 Å². The van der Waals surface area contributed by atoms with E-state index in [1.165, 1.54) is 0 Å². The van der Waals surface area contributed by atoms with Crippen molar-refractivity contribution in [2.75, 3.05) is 11.9 Å². The van der Waals surface area contributed by atoms with Crippen LogP contribution in [0.15, 0.2) is 18.2 Å². The van der Waals surface area contributed by atoms with Crippen molar-refractivity contribution >= 4 is 23.5 Å². The molecule has 0 saturated heterocycles. The second kappa shape index (κ2) is 8.41. The minimum atomic E-state index is -1.10. The van der Waals surface area contributed by atoms with E-state index in [0.717, 1.165) is 30.5 Å². The molecule has 27 heavy (non-hydrogen) atoms. The van der Waals surface area contributed by atoms with Crippen LogP contribution in [0.5, 0.6) is 5.75 Å². The maximum atomic E-state index is 12.2. The Labute approximate surface area is 158 Å². The van der Waals surface area contributed by atoms with E-state index in [2.05, 4.69) is 10.6 Å². The number of nitrogens with one attached hydrogen (secondary N) is 2. The Morgan fingerprint density at radius 2 is 1.96 bits per heavy atom. The van der Waals surface area contributed by atoms with Crippen LogP contribution in [0.4, 0.5) is 5.69 Å². The van der Waals surface area contributed by atoms with Gasteiger partial charge in [-0.1, -0.05) is 19.3 Å². The number of carboxylic acids is 1. The van der Waals surface area contributed by atoms with Gasteiger partial charge in [0.1, 0.15) is 11.3 Å². The first-order chi connectivity index (χ1) is 13.0. The van der Waals surface area contributed by atoms with Crippen molar-refractivity contribution in [1.82, 2.24) is 5.32 Å². The largest absolute Gasteiger partial charge is 0.494 e. The fourth-order valence-electron chi connectivity index (χ4n) is 3.75. The van der Waals surface area contributed by atoms with Crippen LogP contribution in [0.2, 0.25) is 0 Å². The number of carbonyl (C=O) groups excluding carboxylic acids is 2. The van der Waals surface area contributed by atoms with E-state index in [4.69, 9.17) is 4.74 Å². The van der Waals surface area contributed by atoms with Crippen LogP contribution in [0, 0.1) is 0 Å². The molecule has 0 atom stereocenters. The van der Waals surface area contributed by atoms with Crippen molar-refractivity contribution in [1.29, 1.82) is 0 Å². The van der Waals surface area contributed by atoms with E-state index in [1.54, 1.807) is 6.07 Å². The molecule has 0 bridgehead atoms. The van der Waals surface area contributed by atoms with Crippen molar-refractivity contribution in [3.05, 3.63) is 23.8 Å². The number of carbonyl (C=O) groups is 3. The Morgan fingerprint density at radius 3 is 2.70 bits per heavy atom. The van der Waals surface area contributed by atoms with E-state index in [-0.39, 0.29) is 18.2 Å². The van der Waals surface area contributed by atoms with Gasteiger partial charge in [0.15, 0.2) is 0 Å². The summed E-state index contributed by atoms with van der Waals surface area (Å²) >= 11 is 0. The highest BCUT2D eigenvalue weighted by atomic mass is 16.5. The average molecular weight is 374 g/mol. The highest BCUT2D eigenvalue weighted by Crippen LogP contribution is 2.29. The molecule has 1 aliphatic heterocycles. The van der Waals surface area contributed by atoms with Gasteiger partial charge in [0.05, 0.1) is 6.61 Å². The Bertz CT molecular complexity index is 725. The number of rotatable bonds is 7. The third-order valence-electron chi connectivity index (χ3n) is 5.28. The van der Waals surface area contributed by atoms with Gasteiger partial charge in [0.2, 0.25) is 11.8 Å². The molecule has 2 aliphatic rings. The van der Waals surface area contributed by atoms with Crippen LogP contribution in [0.3, 0.4) is 0 Å². The van der Waals surface area contributed by atoms with Gasteiger partial charge in [-0.15, -0.1) is 0 Å². The Morgan fingerprint density at radius 1 is 1.19 bits per heavy atom. The standard InChI is InChI=1S/C20H26N2O5/c23-17-9-6-14-13-15(7-8-16(14)21-17)27-12-4-5-18(24)22-20(19(25)26)10-2-1-3-11-20/h7-8,13H,1-6,9-12H2,(H,21,23)(H,22,24)(H,25,26). The molecular weight excluding hydrogens is 348 g/mol. The third kappa shape index (κ3) is 4.78. The summed E-state index contributed by atoms with van der Waals surface area (Å²) in [5.74, 6) is -0.442. The summed E-state index contributed by atoms with van der Waals surface area (Å²) in [6, 6.07) is 5.54. The predicted molar refractivity (Wildman–Crippen MR) is 99.7 cm³/mol. The molecule has 1 aromatic carbocycles. The van der Waals surface area contributed by atoms with E-state index in [0.29, 0.717) is 44.5 Å². The molecule has 2 amide bonds. The molecule has 0 unspecified atom stereocenters. The topological polar surface area (TPSA) is 105 Å². The zero-order chi connectivity index (χ0) is 19.3. The summed E-state index contributed by atoms with van der Waals surface area (Å²) in [4.78, 5) is 35.2. The monoisotopic (exact) mass is 374 g/mol. The second-order valence-corrected chi connectivity index (χ2v) is 7.32. The Hall–Kier alpha value is -2.57. The number of fused-ring (bicyclic) bond motifs is 1. The summed E-state index contributed by atoms with van der Waals surface area (Å²) in [5, 5.41) is 15.1. The number of ether oxygens (including phenoxy) is 1. The number of carboxylic acid groups (broad SMARTS) is 1. The minimum absolute atomic E-state index is 0.0271. The fourth-order valence-corrected chi connectivity index (χ4v) is 3.75. The van der Waals surface area contributed by atoms with Crippen molar-refractivity contribution in [3.63, 3.8) is 0 Å². The molecule has 1 fully saturated rings. The van der Waals surface area contributed by atoms with Crippen molar-refractivity contribution < 1.29 is 24.2 Å². The number of amides is 2. The molecule has 7 heteroatoms.